The number of hydrogen-bond donors (Lipinski definition) is 1. The van der Waals surface area contributed by atoms with E-state index in [0.29, 0.717) is 11.4 Å². The molecule has 0 aliphatic carbocycles. The highest BCUT2D eigenvalue weighted by Gasteiger charge is 2.17. The van der Waals surface area contributed by atoms with E-state index in [4.69, 9.17) is 5.41 Å². The maximum atomic E-state index is 13.2. The van der Waals surface area contributed by atoms with Crippen molar-refractivity contribution in [1.29, 1.82) is 5.41 Å². The predicted octanol–water partition coefficient (Wildman–Crippen LogP) is 1.71. The van der Waals surface area contributed by atoms with Crippen molar-refractivity contribution in [1.82, 2.24) is 9.80 Å². The van der Waals surface area contributed by atoms with Crippen LogP contribution in [0.2, 0.25) is 0 Å². The average molecular weight is 235 g/mol. The van der Waals surface area contributed by atoms with Gasteiger partial charge in [0.15, 0.2) is 0 Å². The van der Waals surface area contributed by atoms with Gasteiger partial charge in [-0.05, 0) is 37.7 Å². The summed E-state index contributed by atoms with van der Waals surface area (Å²) in [6, 6.07) is 4.87. The molecule has 1 aromatic rings. The third-order valence-corrected chi connectivity index (χ3v) is 3.25. The Hall–Kier alpha value is -1.42. The van der Waals surface area contributed by atoms with E-state index in [1.54, 1.807) is 19.1 Å². The van der Waals surface area contributed by atoms with Crippen molar-refractivity contribution in [2.24, 2.45) is 0 Å². The Morgan fingerprint density at radius 2 is 1.88 bits per heavy atom. The van der Waals surface area contributed by atoms with E-state index in [9.17, 15) is 4.39 Å². The molecular weight excluding hydrogens is 217 g/mol. The molecule has 4 heteroatoms. The Kier molecular flexibility index (Phi) is 3.43. The van der Waals surface area contributed by atoms with Crippen LogP contribution in [0, 0.1) is 18.2 Å². The third-order valence-electron chi connectivity index (χ3n) is 3.25. The number of benzene rings is 1. The highest BCUT2D eigenvalue weighted by Crippen LogP contribution is 2.12. The molecule has 1 heterocycles. The highest BCUT2D eigenvalue weighted by molar-refractivity contribution is 5.96. The van der Waals surface area contributed by atoms with Crippen LogP contribution >= 0.6 is 0 Å². The molecule has 17 heavy (non-hydrogen) atoms. The molecule has 0 bridgehead atoms. The minimum absolute atomic E-state index is 0.208. The van der Waals surface area contributed by atoms with Crippen LogP contribution in [0.15, 0.2) is 18.2 Å². The van der Waals surface area contributed by atoms with Crippen molar-refractivity contribution < 1.29 is 4.39 Å². The van der Waals surface area contributed by atoms with Gasteiger partial charge in [-0.2, -0.15) is 0 Å². The smallest absolute Gasteiger partial charge is 0.128 e. The first-order valence-corrected chi connectivity index (χ1v) is 5.86. The largest absolute Gasteiger partial charge is 0.354 e. The molecule has 0 radical (unpaired) electrons. The maximum Gasteiger partial charge on any atom is 0.128 e. The summed E-state index contributed by atoms with van der Waals surface area (Å²) >= 11 is 0. The van der Waals surface area contributed by atoms with Crippen LogP contribution < -0.4 is 0 Å². The standard InChI is InChI=1S/C13H18FN3/c1-10-9-11(3-4-12(10)14)13(15)17-7-5-16(2)6-8-17/h3-4,9,15H,5-8H2,1-2H3. The van der Waals surface area contributed by atoms with Crippen molar-refractivity contribution in [3.8, 4) is 0 Å². The minimum atomic E-state index is -0.208. The normalized spacial score (nSPS) is 17.2. The van der Waals surface area contributed by atoms with Crippen molar-refractivity contribution in [3.63, 3.8) is 0 Å². The molecule has 1 fully saturated rings. The number of amidine groups is 1. The van der Waals surface area contributed by atoms with Gasteiger partial charge in [0.1, 0.15) is 11.7 Å². The molecule has 2 rings (SSSR count). The number of piperazine rings is 1. The molecule has 92 valence electrons. The van der Waals surface area contributed by atoms with E-state index in [1.807, 2.05) is 4.90 Å². The lowest BCUT2D eigenvalue weighted by atomic mass is 10.1. The van der Waals surface area contributed by atoms with E-state index in [-0.39, 0.29) is 5.82 Å². The molecule has 1 saturated heterocycles. The first-order valence-electron chi connectivity index (χ1n) is 5.86. The minimum Gasteiger partial charge on any atom is -0.354 e. The SMILES string of the molecule is Cc1cc(C(=N)N2CCN(C)CC2)ccc1F. The summed E-state index contributed by atoms with van der Waals surface area (Å²) in [6.45, 7) is 5.42. The van der Waals surface area contributed by atoms with Crippen LogP contribution in [0.5, 0.6) is 0 Å². The third kappa shape index (κ3) is 2.64. The van der Waals surface area contributed by atoms with Crippen LogP contribution in [-0.4, -0.2) is 48.9 Å². The average Bonchev–Trinajstić information content (AvgIpc) is 2.33. The number of aryl methyl sites for hydroxylation is 1. The number of halogens is 1. The van der Waals surface area contributed by atoms with Crippen LogP contribution in [0.1, 0.15) is 11.1 Å². The number of nitrogens with one attached hydrogen (secondary N) is 1. The van der Waals surface area contributed by atoms with E-state index < -0.39 is 0 Å². The molecule has 1 aliphatic rings. The molecule has 0 spiro atoms. The molecule has 0 aromatic heterocycles. The summed E-state index contributed by atoms with van der Waals surface area (Å²) < 4.78 is 13.2. The Morgan fingerprint density at radius 3 is 2.47 bits per heavy atom. The summed E-state index contributed by atoms with van der Waals surface area (Å²) in [5.41, 5.74) is 1.40. The fourth-order valence-corrected chi connectivity index (χ4v) is 2.00. The van der Waals surface area contributed by atoms with Crippen LogP contribution in [0.25, 0.3) is 0 Å². The second-order valence-corrected chi connectivity index (χ2v) is 4.60. The second-order valence-electron chi connectivity index (χ2n) is 4.60. The van der Waals surface area contributed by atoms with Crippen LogP contribution in [0.3, 0.4) is 0 Å². The maximum absolute atomic E-state index is 13.2. The fourth-order valence-electron chi connectivity index (χ4n) is 2.00. The monoisotopic (exact) mass is 235 g/mol. The summed E-state index contributed by atoms with van der Waals surface area (Å²) in [4.78, 5) is 4.30. The lowest BCUT2D eigenvalue weighted by Crippen LogP contribution is -2.47. The molecule has 3 nitrogen and oxygen atoms in total. The van der Waals surface area contributed by atoms with Crippen molar-refractivity contribution in [2.75, 3.05) is 33.2 Å². The zero-order valence-corrected chi connectivity index (χ0v) is 10.3. The van der Waals surface area contributed by atoms with Gasteiger partial charge in [-0.25, -0.2) is 4.39 Å². The summed E-state index contributed by atoms with van der Waals surface area (Å²) in [5.74, 6) is 0.293. The van der Waals surface area contributed by atoms with Crippen molar-refractivity contribution in [3.05, 3.63) is 35.1 Å². The molecule has 0 amide bonds. The van der Waals surface area contributed by atoms with Gasteiger partial charge in [0.2, 0.25) is 0 Å². The molecule has 1 aromatic carbocycles. The van der Waals surface area contributed by atoms with Crippen molar-refractivity contribution in [2.45, 2.75) is 6.92 Å². The highest BCUT2D eigenvalue weighted by atomic mass is 19.1. The lowest BCUT2D eigenvalue weighted by Gasteiger charge is -2.34. The van der Waals surface area contributed by atoms with Gasteiger partial charge < -0.3 is 9.80 Å². The number of nitrogens with zero attached hydrogens (tertiary/aromatic N) is 2. The van der Waals surface area contributed by atoms with Crippen LogP contribution in [0.4, 0.5) is 4.39 Å². The van der Waals surface area contributed by atoms with Gasteiger partial charge >= 0.3 is 0 Å². The Balaban J connectivity index is 2.11. The van der Waals surface area contributed by atoms with E-state index >= 15 is 0 Å². The Morgan fingerprint density at radius 1 is 1.24 bits per heavy atom. The molecule has 0 atom stereocenters. The molecular formula is C13H18FN3. The lowest BCUT2D eigenvalue weighted by molar-refractivity contribution is 0.215. The van der Waals surface area contributed by atoms with E-state index in [2.05, 4.69) is 11.9 Å². The Bertz CT molecular complexity index is 423. The predicted molar refractivity (Wildman–Crippen MR) is 67.0 cm³/mol. The van der Waals surface area contributed by atoms with E-state index in [0.717, 1.165) is 31.7 Å². The summed E-state index contributed by atoms with van der Waals surface area (Å²) in [5, 5.41) is 8.14. The molecule has 0 saturated carbocycles. The zero-order valence-electron chi connectivity index (χ0n) is 10.3. The van der Waals surface area contributed by atoms with E-state index in [1.165, 1.54) is 6.07 Å². The first kappa shape index (κ1) is 12.0. The van der Waals surface area contributed by atoms with Crippen molar-refractivity contribution >= 4 is 5.84 Å². The first-order chi connectivity index (χ1) is 8.08. The van der Waals surface area contributed by atoms with Gasteiger partial charge in [0, 0.05) is 31.7 Å². The van der Waals surface area contributed by atoms with Gasteiger partial charge in [0.05, 0.1) is 0 Å². The molecule has 0 unspecified atom stereocenters. The molecule has 1 N–H and O–H groups in total. The zero-order chi connectivity index (χ0) is 12.4. The van der Waals surface area contributed by atoms with Gasteiger partial charge in [0.25, 0.3) is 0 Å². The van der Waals surface area contributed by atoms with Crippen LogP contribution in [-0.2, 0) is 0 Å². The number of hydrogen-bond acceptors (Lipinski definition) is 2. The van der Waals surface area contributed by atoms with Gasteiger partial charge in [-0.1, -0.05) is 0 Å². The number of rotatable bonds is 1. The van der Waals surface area contributed by atoms with Gasteiger partial charge in [-0.15, -0.1) is 0 Å². The van der Waals surface area contributed by atoms with Gasteiger partial charge in [-0.3, -0.25) is 5.41 Å². The summed E-state index contributed by atoms with van der Waals surface area (Å²) in [6.07, 6.45) is 0. The Labute approximate surface area is 101 Å². The quantitative estimate of drug-likeness (QED) is 0.593. The molecule has 1 aliphatic heterocycles. The fraction of sp³-hybridized carbons (Fsp3) is 0.462. The number of likely N-dealkylation sites (N-methyl/N-ethyl adjacent to an activating group) is 1. The second kappa shape index (κ2) is 4.84. The summed E-state index contributed by atoms with van der Waals surface area (Å²) in [7, 11) is 2.09. The topological polar surface area (TPSA) is 30.3 Å².